The van der Waals surface area contributed by atoms with E-state index in [1.165, 1.54) is 0 Å². The van der Waals surface area contributed by atoms with Crippen molar-refractivity contribution in [3.8, 4) is 0 Å². The molecule has 0 aliphatic rings. The molecular weight excluding hydrogens is 238 g/mol. The van der Waals surface area contributed by atoms with Crippen LogP contribution in [0.25, 0.3) is 0 Å². The third kappa shape index (κ3) is 2.37. The van der Waals surface area contributed by atoms with Gasteiger partial charge >= 0.3 is 0 Å². The largest absolute Gasteiger partial charge is 0.264 e. The zero-order valence-corrected chi connectivity index (χ0v) is 10.0. The second-order valence-electron chi connectivity index (χ2n) is 2.99. The number of anilines is 2. The molecule has 80 valence electrons. The van der Waals surface area contributed by atoms with E-state index in [4.69, 9.17) is 12.2 Å². The van der Waals surface area contributed by atoms with Gasteiger partial charge in [0, 0.05) is 12.4 Å². The molecule has 0 amide bonds. The van der Waals surface area contributed by atoms with Crippen LogP contribution in [-0.2, 0) is 0 Å². The third-order valence-electron chi connectivity index (χ3n) is 1.95. The SMILES string of the molecule is S=C(S)N(c1ccccn1)c1ccccn1. The van der Waals surface area contributed by atoms with E-state index in [9.17, 15) is 0 Å². The molecule has 0 aliphatic heterocycles. The molecule has 3 nitrogen and oxygen atoms in total. The van der Waals surface area contributed by atoms with Crippen LogP contribution in [0.15, 0.2) is 48.8 Å². The van der Waals surface area contributed by atoms with E-state index < -0.39 is 0 Å². The monoisotopic (exact) mass is 247 g/mol. The fourth-order valence-electron chi connectivity index (χ4n) is 1.29. The number of hydrogen-bond acceptors (Lipinski definition) is 3. The molecule has 0 saturated carbocycles. The van der Waals surface area contributed by atoms with Crippen molar-refractivity contribution in [3.05, 3.63) is 48.8 Å². The van der Waals surface area contributed by atoms with Crippen molar-refractivity contribution in [2.45, 2.75) is 0 Å². The molecule has 2 aromatic heterocycles. The first-order chi connectivity index (χ1) is 7.79. The molecule has 0 atom stereocenters. The second kappa shape index (κ2) is 5.05. The van der Waals surface area contributed by atoms with Crippen molar-refractivity contribution in [1.29, 1.82) is 0 Å². The van der Waals surface area contributed by atoms with Gasteiger partial charge in [-0.3, -0.25) is 4.90 Å². The van der Waals surface area contributed by atoms with Gasteiger partial charge in [-0.2, -0.15) is 0 Å². The molecule has 0 spiro atoms. The maximum atomic E-state index is 5.09. The van der Waals surface area contributed by atoms with Crippen LogP contribution in [0.1, 0.15) is 0 Å². The molecule has 0 radical (unpaired) electrons. The molecule has 0 aromatic carbocycles. The average molecular weight is 247 g/mol. The van der Waals surface area contributed by atoms with Crippen molar-refractivity contribution in [3.63, 3.8) is 0 Å². The van der Waals surface area contributed by atoms with Crippen LogP contribution in [0.4, 0.5) is 11.6 Å². The van der Waals surface area contributed by atoms with Crippen LogP contribution >= 0.6 is 24.8 Å². The van der Waals surface area contributed by atoms with Crippen LogP contribution in [-0.4, -0.2) is 14.3 Å². The van der Waals surface area contributed by atoms with Crippen molar-refractivity contribution >= 4 is 40.8 Å². The number of pyridine rings is 2. The summed E-state index contributed by atoms with van der Waals surface area (Å²) in [5, 5.41) is 0. The van der Waals surface area contributed by atoms with Gasteiger partial charge in [0.2, 0.25) is 0 Å². The topological polar surface area (TPSA) is 29.0 Å². The molecular formula is C11H9N3S2. The van der Waals surface area contributed by atoms with Gasteiger partial charge in [-0.1, -0.05) is 24.4 Å². The molecule has 16 heavy (non-hydrogen) atoms. The number of hydrogen-bond donors (Lipinski definition) is 1. The minimum absolute atomic E-state index is 0.414. The summed E-state index contributed by atoms with van der Waals surface area (Å²) in [4.78, 5) is 10.2. The highest BCUT2D eigenvalue weighted by Crippen LogP contribution is 2.22. The number of thiol groups is 1. The van der Waals surface area contributed by atoms with E-state index in [1.807, 2.05) is 36.4 Å². The van der Waals surface area contributed by atoms with E-state index in [2.05, 4.69) is 22.6 Å². The average Bonchev–Trinajstić information content (AvgIpc) is 2.31. The Kier molecular flexibility index (Phi) is 3.48. The summed E-state index contributed by atoms with van der Waals surface area (Å²) >= 11 is 9.28. The normalized spacial score (nSPS) is 9.81. The second-order valence-corrected chi connectivity index (χ2v) is 4.11. The van der Waals surface area contributed by atoms with Crippen molar-refractivity contribution in [2.24, 2.45) is 0 Å². The van der Waals surface area contributed by atoms with Gasteiger partial charge in [0.25, 0.3) is 0 Å². The van der Waals surface area contributed by atoms with E-state index in [-0.39, 0.29) is 0 Å². The Morgan fingerprint density at radius 2 is 1.50 bits per heavy atom. The summed E-state index contributed by atoms with van der Waals surface area (Å²) in [6.45, 7) is 0. The molecule has 0 saturated heterocycles. The van der Waals surface area contributed by atoms with E-state index in [0.717, 1.165) is 0 Å². The zero-order valence-electron chi connectivity index (χ0n) is 8.32. The number of thiocarbonyl (C=S) groups is 1. The lowest BCUT2D eigenvalue weighted by Crippen LogP contribution is -2.21. The summed E-state index contributed by atoms with van der Waals surface area (Å²) < 4.78 is 0.414. The van der Waals surface area contributed by atoms with Crippen LogP contribution in [0.3, 0.4) is 0 Å². The third-order valence-corrected chi connectivity index (χ3v) is 2.33. The summed E-state index contributed by atoms with van der Waals surface area (Å²) in [5.74, 6) is 1.42. The van der Waals surface area contributed by atoms with Crippen LogP contribution in [0.5, 0.6) is 0 Å². The van der Waals surface area contributed by atoms with Gasteiger partial charge in [-0.25, -0.2) is 9.97 Å². The Hall–Kier alpha value is -1.46. The maximum absolute atomic E-state index is 5.09. The zero-order chi connectivity index (χ0) is 11.4. The Bertz CT molecular complexity index is 434. The van der Waals surface area contributed by atoms with E-state index in [0.29, 0.717) is 16.0 Å². The van der Waals surface area contributed by atoms with Crippen molar-refractivity contribution in [2.75, 3.05) is 4.90 Å². The van der Waals surface area contributed by atoms with Crippen LogP contribution in [0.2, 0.25) is 0 Å². The molecule has 5 heteroatoms. The summed E-state index contributed by atoms with van der Waals surface area (Å²) in [6.07, 6.45) is 3.41. The molecule has 0 fully saturated rings. The fourth-order valence-corrected chi connectivity index (χ4v) is 1.68. The predicted octanol–water partition coefficient (Wildman–Crippen LogP) is 2.83. The Labute approximate surface area is 105 Å². The first-order valence-electron chi connectivity index (χ1n) is 4.64. The molecule has 0 aliphatic carbocycles. The van der Waals surface area contributed by atoms with Crippen LogP contribution in [0, 0.1) is 0 Å². The summed E-state index contributed by atoms with van der Waals surface area (Å²) in [7, 11) is 0. The van der Waals surface area contributed by atoms with Crippen molar-refractivity contribution in [1.82, 2.24) is 9.97 Å². The van der Waals surface area contributed by atoms with Gasteiger partial charge in [0.15, 0.2) is 0 Å². The number of rotatable bonds is 2. The molecule has 0 unspecified atom stereocenters. The van der Waals surface area contributed by atoms with E-state index in [1.54, 1.807) is 17.3 Å². The fraction of sp³-hybridized carbons (Fsp3) is 0. The molecule has 0 N–H and O–H groups in total. The van der Waals surface area contributed by atoms with Gasteiger partial charge < -0.3 is 0 Å². The van der Waals surface area contributed by atoms with Gasteiger partial charge in [0.05, 0.1) is 0 Å². The molecule has 2 heterocycles. The summed E-state index contributed by atoms with van der Waals surface area (Å²) in [5.41, 5.74) is 0. The minimum atomic E-state index is 0.414. The van der Waals surface area contributed by atoms with E-state index >= 15 is 0 Å². The first kappa shape index (κ1) is 11.0. The Balaban J connectivity index is 2.44. The number of aromatic nitrogens is 2. The van der Waals surface area contributed by atoms with Crippen LogP contribution < -0.4 is 4.90 Å². The smallest absolute Gasteiger partial charge is 0.144 e. The lowest BCUT2D eigenvalue weighted by molar-refractivity contribution is 1.17. The van der Waals surface area contributed by atoms with Crippen molar-refractivity contribution < 1.29 is 0 Å². The quantitative estimate of drug-likeness (QED) is 0.652. The lowest BCUT2D eigenvalue weighted by Gasteiger charge is -2.19. The number of nitrogens with zero attached hydrogens (tertiary/aromatic N) is 3. The summed E-state index contributed by atoms with van der Waals surface area (Å²) in [6, 6.07) is 11.2. The lowest BCUT2D eigenvalue weighted by atomic mass is 10.4. The van der Waals surface area contributed by atoms with Gasteiger partial charge in [0.1, 0.15) is 16.0 Å². The Morgan fingerprint density at radius 1 is 1.00 bits per heavy atom. The van der Waals surface area contributed by atoms with Gasteiger partial charge in [-0.05, 0) is 24.3 Å². The Morgan fingerprint density at radius 3 is 1.81 bits per heavy atom. The standard InChI is InChI=1S/C11H9N3S2/c15-11(16)14(9-5-1-3-7-12-9)10-6-2-4-8-13-10/h1-8H,(H,15,16). The highest BCUT2D eigenvalue weighted by atomic mass is 32.1. The predicted molar refractivity (Wildman–Crippen MR) is 72.2 cm³/mol. The maximum Gasteiger partial charge on any atom is 0.144 e. The first-order valence-corrected chi connectivity index (χ1v) is 5.49. The minimum Gasteiger partial charge on any atom is -0.264 e. The van der Waals surface area contributed by atoms with Gasteiger partial charge in [-0.15, -0.1) is 12.6 Å². The molecule has 2 aromatic rings. The highest BCUT2D eigenvalue weighted by Gasteiger charge is 2.13. The highest BCUT2D eigenvalue weighted by molar-refractivity contribution is 8.11. The molecule has 2 rings (SSSR count). The molecule has 0 bridgehead atoms.